The van der Waals surface area contributed by atoms with Crippen molar-refractivity contribution in [2.24, 2.45) is 0 Å². The summed E-state index contributed by atoms with van der Waals surface area (Å²) in [5.74, 6) is -0.833. The number of carboxylic acid groups (broad SMARTS) is 1. The third-order valence-electron chi connectivity index (χ3n) is 0. The van der Waals surface area contributed by atoms with Crippen LogP contribution < -0.4 is 0 Å². The Morgan fingerprint density at radius 1 is 1.50 bits per heavy atom. The summed E-state index contributed by atoms with van der Waals surface area (Å²) in [5, 5.41) is 7.42. The van der Waals surface area contributed by atoms with E-state index in [0.29, 0.717) is 0 Å². The predicted octanol–water partition coefficient (Wildman–Crippen LogP) is 2.25. The van der Waals surface area contributed by atoms with E-state index in [1.54, 1.807) is 0 Å². The summed E-state index contributed by atoms with van der Waals surface area (Å²) in [7, 11) is 0. The second-order valence-corrected chi connectivity index (χ2v) is 7.20. The normalized spacial score (nSPS) is 6.50. The van der Waals surface area contributed by atoms with Crippen molar-refractivity contribution < 1.29 is 9.90 Å². The summed E-state index contributed by atoms with van der Waals surface area (Å²) in [5.41, 5.74) is 0. The van der Waals surface area contributed by atoms with Crippen molar-refractivity contribution >= 4 is 56.4 Å². The van der Waals surface area contributed by atoms with Crippen LogP contribution in [0.25, 0.3) is 0 Å². The minimum Gasteiger partial charge on any atom is -0.481 e. The number of hydrogen-bond acceptors (Lipinski definition) is 1. The predicted molar refractivity (Wildman–Crippen MR) is 45.8 cm³/mol. The lowest BCUT2D eigenvalue weighted by atomic mass is 10.8. The van der Waals surface area contributed by atoms with E-state index >= 15 is 0 Å². The van der Waals surface area contributed by atoms with Crippen molar-refractivity contribution in [2.45, 2.75) is 6.92 Å². The van der Waals surface area contributed by atoms with Gasteiger partial charge < -0.3 is 5.11 Å². The molecule has 0 aromatic rings. The largest absolute Gasteiger partial charge is 0.481 e. The number of aliphatic carboxylic acids is 1. The fourth-order valence-electron chi connectivity index (χ4n) is 0. The van der Waals surface area contributed by atoms with Crippen LogP contribution in [0.1, 0.15) is 6.92 Å². The molecule has 0 aliphatic heterocycles. The van der Waals surface area contributed by atoms with Crippen LogP contribution in [-0.2, 0) is 4.79 Å². The SMILES string of the molecule is BrB(Br)Br.CC(=O)O. The van der Waals surface area contributed by atoms with Gasteiger partial charge in [0.2, 0.25) is 0 Å². The summed E-state index contributed by atoms with van der Waals surface area (Å²) < 4.78 is 0.271. The lowest BCUT2D eigenvalue weighted by Crippen LogP contribution is -1.78. The lowest BCUT2D eigenvalue weighted by Gasteiger charge is -1.63. The van der Waals surface area contributed by atoms with Gasteiger partial charge in [-0.3, -0.25) is 4.79 Å². The smallest absolute Gasteiger partial charge is 0.369 e. The zero-order chi connectivity index (χ0) is 7.15. The topological polar surface area (TPSA) is 37.3 Å². The van der Waals surface area contributed by atoms with Gasteiger partial charge in [-0.05, 0) is 0 Å². The Kier molecular flexibility index (Phi) is 11.7. The minimum absolute atomic E-state index is 0.271. The monoisotopic (exact) mass is 308 g/mol. The van der Waals surface area contributed by atoms with Crippen LogP contribution in [0.3, 0.4) is 0 Å². The van der Waals surface area contributed by atoms with Gasteiger partial charge in [0.15, 0.2) is 0 Å². The first-order chi connectivity index (χ1) is 3.46. The van der Waals surface area contributed by atoms with Crippen LogP contribution in [0.5, 0.6) is 0 Å². The fraction of sp³-hybridized carbons (Fsp3) is 0.500. The Labute approximate surface area is 73.0 Å². The number of carbonyl (C=O) groups is 1. The minimum atomic E-state index is -0.833. The quantitative estimate of drug-likeness (QED) is 0.697. The summed E-state index contributed by atoms with van der Waals surface area (Å²) >= 11 is 9.31. The highest BCUT2D eigenvalue weighted by molar-refractivity contribution is 9.69. The molecule has 0 saturated heterocycles. The van der Waals surface area contributed by atoms with Crippen molar-refractivity contribution in [1.29, 1.82) is 0 Å². The van der Waals surface area contributed by atoms with Crippen LogP contribution >= 0.6 is 47.3 Å². The molecule has 0 heterocycles. The zero-order valence-electron chi connectivity index (χ0n) is 4.07. The molecule has 0 rings (SSSR count). The third-order valence-corrected chi connectivity index (χ3v) is 0. The first kappa shape index (κ1) is 11.7. The van der Waals surface area contributed by atoms with Crippen LogP contribution in [-0.4, -0.2) is 14.3 Å². The average Bonchev–Trinajstić information content (AvgIpc) is 1.25. The second-order valence-electron chi connectivity index (χ2n) is 0.766. The zero-order valence-corrected chi connectivity index (χ0v) is 8.82. The first-order valence-corrected chi connectivity index (χ1v) is 4.33. The van der Waals surface area contributed by atoms with Crippen molar-refractivity contribution in [2.75, 3.05) is 0 Å². The van der Waals surface area contributed by atoms with Gasteiger partial charge in [-0.1, -0.05) is 0 Å². The lowest BCUT2D eigenvalue weighted by molar-refractivity contribution is -0.134. The molecule has 0 amide bonds. The molecule has 1 N–H and O–H groups in total. The van der Waals surface area contributed by atoms with Crippen LogP contribution in [0.15, 0.2) is 0 Å². The highest BCUT2D eigenvalue weighted by Crippen LogP contribution is 2.07. The third kappa shape index (κ3) is 262. The average molecular weight is 311 g/mol. The standard InChI is InChI=1S/C2H4O2.BBr3/c1-2(3)4;2-1(3)4/h1H3,(H,3,4);. The molecule has 0 radical (unpaired) electrons. The molecule has 0 saturated carbocycles. The molecule has 6 heteroatoms. The summed E-state index contributed by atoms with van der Waals surface area (Å²) in [6.07, 6.45) is 0. The maximum Gasteiger partial charge on any atom is 0.369 e. The number of hydrogen-bond donors (Lipinski definition) is 1. The molecule has 0 aromatic heterocycles. The Morgan fingerprint density at radius 2 is 1.50 bits per heavy atom. The van der Waals surface area contributed by atoms with E-state index in [0.717, 1.165) is 6.92 Å². The van der Waals surface area contributed by atoms with Crippen molar-refractivity contribution in [3.05, 3.63) is 0 Å². The Morgan fingerprint density at radius 3 is 1.50 bits per heavy atom. The fourth-order valence-corrected chi connectivity index (χ4v) is 0. The van der Waals surface area contributed by atoms with Crippen LogP contribution in [0, 0.1) is 0 Å². The van der Waals surface area contributed by atoms with E-state index in [2.05, 4.69) is 47.3 Å². The number of rotatable bonds is 0. The van der Waals surface area contributed by atoms with Gasteiger partial charge in [-0.2, -0.15) is 0 Å². The highest BCUT2D eigenvalue weighted by Gasteiger charge is 1.87. The molecule has 0 aromatic carbocycles. The molecule has 0 spiro atoms. The van der Waals surface area contributed by atoms with Crippen LogP contribution in [0.4, 0.5) is 0 Å². The molecule has 0 aliphatic carbocycles. The van der Waals surface area contributed by atoms with Crippen molar-refractivity contribution in [3.63, 3.8) is 0 Å². The van der Waals surface area contributed by atoms with Gasteiger partial charge in [0, 0.05) is 6.92 Å². The van der Waals surface area contributed by atoms with E-state index < -0.39 is 5.97 Å². The van der Waals surface area contributed by atoms with Gasteiger partial charge in [-0.25, -0.2) is 0 Å². The van der Waals surface area contributed by atoms with Gasteiger partial charge in [0.1, 0.15) is 0 Å². The highest BCUT2D eigenvalue weighted by atomic mass is 79.9. The molecule has 0 atom stereocenters. The summed E-state index contributed by atoms with van der Waals surface area (Å²) in [6, 6.07) is 0. The molecule has 0 unspecified atom stereocenters. The van der Waals surface area contributed by atoms with Gasteiger partial charge in [0.25, 0.3) is 5.97 Å². The van der Waals surface area contributed by atoms with E-state index in [1.807, 2.05) is 0 Å². The summed E-state index contributed by atoms with van der Waals surface area (Å²) in [6.45, 7) is 1.08. The van der Waals surface area contributed by atoms with Gasteiger partial charge >= 0.3 is 3.18 Å². The summed E-state index contributed by atoms with van der Waals surface area (Å²) in [4.78, 5) is 9.00. The second kappa shape index (κ2) is 7.97. The number of carboxylic acids is 1. The van der Waals surface area contributed by atoms with E-state index in [4.69, 9.17) is 9.90 Å². The van der Waals surface area contributed by atoms with Crippen molar-refractivity contribution in [3.8, 4) is 0 Å². The Hall–Kier alpha value is 0.975. The maximum atomic E-state index is 9.00. The molecular weight excluding hydrogens is 307 g/mol. The Balaban J connectivity index is 0. The van der Waals surface area contributed by atoms with Gasteiger partial charge in [-0.15, -0.1) is 47.3 Å². The van der Waals surface area contributed by atoms with E-state index in [1.165, 1.54) is 0 Å². The molecule has 0 fully saturated rings. The Bertz CT molecular complexity index is 59.5. The van der Waals surface area contributed by atoms with Crippen LogP contribution in [0.2, 0.25) is 0 Å². The van der Waals surface area contributed by atoms with E-state index in [9.17, 15) is 0 Å². The molecule has 0 aliphatic rings. The van der Waals surface area contributed by atoms with Gasteiger partial charge in [0.05, 0.1) is 0 Å². The van der Waals surface area contributed by atoms with Crippen molar-refractivity contribution in [1.82, 2.24) is 0 Å². The molecular formula is C2H4BBr3O2. The first-order valence-electron chi connectivity index (χ1n) is 1.58. The molecule has 8 heavy (non-hydrogen) atoms. The maximum absolute atomic E-state index is 9.00. The van der Waals surface area contributed by atoms with E-state index in [-0.39, 0.29) is 3.18 Å². The molecule has 0 bridgehead atoms. The number of halogens is 3. The molecule has 2 nitrogen and oxygen atoms in total. The molecule has 48 valence electrons.